The van der Waals surface area contributed by atoms with Crippen molar-refractivity contribution >= 4 is 6.03 Å². The van der Waals surface area contributed by atoms with Crippen LogP contribution in [0, 0.1) is 0 Å². The molecule has 1 aliphatic rings. The Bertz CT molecular complexity index is 165. The van der Waals surface area contributed by atoms with Crippen LogP contribution in [0.1, 0.15) is 0 Å². The second-order valence-electron chi connectivity index (χ2n) is 2.43. The molecule has 0 aliphatic carbocycles. The fraction of sp³-hybridized carbons (Fsp3) is 0.571. The number of carbonyl (C=O) groups excluding carboxylic acids is 1. The first kappa shape index (κ1) is 8.07. The van der Waals surface area contributed by atoms with Crippen LogP contribution in [-0.2, 0) is 0 Å². The number of hydrogen-bond acceptors (Lipinski definition) is 2. The first-order valence-corrected chi connectivity index (χ1v) is 3.67. The topological polar surface area (TPSA) is 49.3 Å². The van der Waals surface area contributed by atoms with Gasteiger partial charge in [0.25, 0.3) is 0 Å². The van der Waals surface area contributed by atoms with E-state index >= 15 is 0 Å². The van der Waals surface area contributed by atoms with E-state index in [1.807, 2.05) is 0 Å². The van der Waals surface area contributed by atoms with E-state index < -0.39 is 0 Å². The summed E-state index contributed by atoms with van der Waals surface area (Å²) in [5, 5.41) is 0. The zero-order chi connectivity index (χ0) is 8.27. The fourth-order valence-electron chi connectivity index (χ4n) is 0.827. The third-order valence-corrected chi connectivity index (χ3v) is 1.55. The second-order valence-corrected chi connectivity index (χ2v) is 2.43. The van der Waals surface area contributed by atoms with Gasteiger partial charge in [-0.05, 0) is 0 Å². The Hall–Kier alpha value is -1.03. The maximum absolute atomic E-state index is 11.3. The molecule has 1 fully saturated rings. The standard InChI is InChI=1S/C7H13N3O/c1-2-9(4-3-8)7(11)10-5-6-10/h2H,1,3-6,8H2. The first-order valence-electron chi connectivity index (χ1n) is 3.67. The van der Waals surface area contributed by atoms with Gasteiger partial charge in [-0.2, -0.15) is 0 Å². The third-order valence-electron chi connectivity index (χ3n) is 1.55. The lowest BCUT2D eigenvalue weighted by molar-refractivity contribution is 0.203. The van der Waals surface area contributed by atoms with Crippen molar-refractivity contribution in [3.8, 4) is 0 Å². The Balaban J connectivity index is 2.38. The van der Waals surface area contributed by atoms with Gasteiger partial charge in [0.2, 0.25) is 0 Å². The molecule has 0 bridgehead atoms. The Morgan fingerprint density at radius 3 is 2.73 bits per heavy atom. The zero-order valence-corrected chi connectivity index (χ0v) is 6.49. The minimum atomic E-state index is 0.0189. The molecule has 0 spiro atoms. The van der Waals surface area contributed by atoms with Gasteiger partial charge in [-0.1, -0.05) is 6.58 Å². The molecular formula is C7H13N3O. The molecule has 4 heteroatoms. The number of hydrogen-bond donors (Lipinski definition) is 1. The number of nitrogens with two attached hydrogens (primary N) is 1. The molecule has 0 aromatic heterocycles. The van der Waals surface area contributed by atoms with E-state index in [9.17, 15) is 4.79 Å². The molecule has 1 aliphatic heterocycles. The van der Waals surface area contributed by atoms with Gasteiger partial charge in [-0.3, -0.25) is 0 Å². The summed E-state index contributed by atoms with van der Waals surface area (Å²) in [6.45, 7) is 6.30. The molecule has 1 saturated heterocycles. The van der Waals surface area contributed by atoms with Crippen molar-refractivity contribution in [2.24, 2.45) is 5.73 Å². The lowest BCUT2D eigenvalue weighted by Crippen LogP contribution is -2.33. The summed E-state index contributed by atoms with van der Waals surface area (Å²) in [7, 11) is 0. The molecule has 0 atom stereocenters. The highest BCUT2D eigenvalue weighted by Gasteiger charge is 2.26. The van der Waals surface area contributed by atoms with Crippen molar-refractivity contribution in [2.75, 3.05) is 26.2 Å². The Morgan fingerprint density at radius 2 is 2.36 bits per heavy atom. The van der Waals surface area contributed by atoms with Gasteiger partial charge in [0.05, 0.1) is 0 Å². The highest BCUT2D eigenvalue weighted by Crippen LogP contribution is 2.08. The lowest BCUT2D eigenvalue weighted by Gasteiger charge is -2.16. The van der Waals surface area contributed by atoms with Gasteiger partial charge in [0.15, 0.2) is 0 Å². The summed E-state index contributed by atoms with van der Waals surface area (Å²) >= 11 is 0. The minimum absolute atomic E-state index is 0.0189. The number of nitrogens with zero attached hydrogens (tertiary/aromatic N) is 2. The molecule has 0 saturated carbocycles. The molecule has 0 radical (unpaired) electrons. The van der Waals surface area contributed by atoms with E-state index in [0.717, 1.165) is 13.1 Å². The SMILES string of the molecule is C=CN(CCN)C(=O)N1CC1. The number of amides is 2. The first-order chi connectivity index (χ1) is 5.29. The molecule has 0 unspecified atom stereocenters. The molecule has 4 nitrogen and oxygen atoms in total. The van der Waals surface area contributed by atoms with Crippen LogP contribution < -0.4 is 5.73 Å². The van der Waals surface area contributed by atoms with Crippen molar-refractivity contribution in [2.45, 2.75) is 0 Å². The monoisotopic (exact) mass is 155 g/mol. The predicted octanol–water partition coefficient (Wildman–Crippen LogP) is -0.174. The van der Waals surface area contributed by atoms with Crippen molar-refractivity contribution in [1.82, 2.24) is 9.80 Å². The van der Waals surface area contributed by atoms with Crippen LogP contribution in [0.3, 0.4) is 0 Å². The summed E-state index contributed by atoms with van der Waals surface area (Å²) in [5.41, 5.74) is 5.30. The number of rotatable bonds is 3. The second kappa shape index (κ2) is 3.39. The van der Waals surface area contributed by atoms with Crippen molar-refractivity contribution in [3.05, 3.63) is 12.8 Å². The van der Waals surface area contributed by atoms with E-state index in [4.69, 9.17) is 5.73 Å². The summed E-state index contributed by atoms with van der Waals surface area (Å²) in [4.78, 5) is 14.5. The zero-order valence-electron chi connectivity index (χ0n) is 6.49. The fourth-order valence-corrected chi connectivity index (χ4v) is 0.827. The van der Waals surface area contributed by atoms with Gasteiger partial charge < -0.3 is 15.5 Å². The highest BCUT2D eigenvalue weighted by molar-refractivity contribution is 5.77. The molecule has 2 N–H and O–H groups in total. The quantitative estimate of drug-likeness (QED) is 0.575. The summed E-state index contributed by atoms with van der Waals surface area (Å²) in [6.07, 6.45) is 1.52. The molecular weight excluding hydrogens is 142 g/mol. The Kier molecular flexibility index (Phi) is 2.48. The average molecular weight is 155 g/mol. The maximum atomic E-state index is 11.3. The molecule has 11 heavy (non-hydrogen) atoms. The smallest absolute Gasteiger partial charge is 0.324 e. The summed E-state index contributed by atoms with van der Waals surface area (Å²) < 4.78 is 0. The molecule has 2 amide bonds. The van der Waals surface area contributed by atoms with E-state index in [1.165, 1.54) is 11.1 Å². The normalized spacial score (nSPS) is 14.5. The lowest BCUT2D eigenvalue weighted by atomic mass is 10.5. The highest BCUT2D eigenvalue weighted by atomic mass is 16.2. The van der Waals surface area contributed by atoms with Crippen LogP contribution in [0.2, 0.25) is 0 Å². The average Bonchev–Trinajstić information content (AvgIpc) is 2.81. The number of carbonyl (C=O) groups is 1. The van der Waals surface area contributed by atoms with Gasteiger partial charge in [0.1, 0.15) is 0 Å². The van der Waals surface area contributed by atoms with Crippen LogP contribution >= 0.6 is 0 Å². The molecule has 1 rings (SSSR count). The van der Waals surface area contributed by atoms with Crippen LogP contribution in [0.4, 0.5) is 4.79 Å². The van der Waals surface area contributed by atoms with Gasteiger partial charge >= 0.3 is 6.03 Å². The van der Waals surface area contributed by atoms with Gasteiger partial charge in [-0.15, -0.1) is 0 Å². The van der Waals surface area contributed by atoms with E-state index in [1.54, 1.807) is 4.90 Å². The molecule has 0 aromatic rings. The van der Waals surface area contributed by atoms with Crippen molar-refractivity contribution in [3.63, 3.8) is 0 Å². The van der Waals surface area contributed by atoms with Crippen LogP contribution in [0.5, 0.6) is 0 Å². The Morgan fingerprint density at radius 1 is 1.73 bits per heavy atom. The predicted molar refractivity (Wildman–Crippen MR) is 42.9 cm³/mol. The largest absolute Gasteiger partial charge is 0.329 e. The third kappa shape index (κ3) is 1.94. The van der Waals surface area contributed by atoms with Crippen LogP contribution in [0.15, 0.2) is 12.8 Å². The molecule has 62 valence electrons. The van der Waals surface area contributed by atoms with E-state index in [0.29, 0.717) is 13.1 Å². The minimum Gasteiger partial charge on any atom is -0.329 e. The van der Waals surface area contributed by atoms with Crippen molar-refractivity contribution < 1.29 is 4.79 Å². The van der Waals surface area contributed by atoms with Crippen LogP contribution in [0.25, 0.3) is 0 Å². The van der Waals surface area contributed by atoms with E-state index in [2.05, 4.69) is 6.58 Å². The van der Waals surface area contributed by atoms with Gasteiger partial charge in [0, 0.05) is 32.4 Å². The van der Waals surface area contributed by atoms with Gasteiger partial charge in [-0.25, -0.2) is 4.79 Å². The molecule has 0 aromatic carbocycles. The Labute approximate surface area is 66.3 Å². The summed E-state index contributed by atoms with van der Waals surface area (Å²) in [5.74, 6) is 0. The van der Waals surface area contributed by atoms with Crippen molar-refractivity contribution in [1.29, 1.82) is 0 Å². The van der Waals surface area contributed by atoms with Crippen LogP contribution in [-0.4, -0.2) is 42.0 Å². The maximum Gasteiger partial charge on any atom is 0.324 e. The molecule has 1 heterocycles. The summed E-state index contributed by atoms with van der Waals surface area (Å²) in [6, 6.07) is 0.0189. The number of urea groups is 1. The van der Waals surface area contributed by atoms with E-state index in [-0.39, 0.29) is 6.03 Å².